The average Bonchev–Trinajstić information content (AvgIpc) is 3.30. The lowest BCUT2D eigenvalue weighted by Gasteiger charge is -2.18. The topological polar surface area (TPSA) is 71.3 Å². The van der Waals surface area contributed by atoms with Gasteiger partial charge in [-0.25, -0.2) is 8.78 Å². The van der Waals surface area contributed by atoms with Crippen LogP contribution in [0.5, 0.6) is 0 Å². The molecule has 0 spiro atoms. The predicted molar refractivity (Wildman–Crippen MR) is 153 cm³/mol. The number of nitrogens with zero attached hydrogens (tertiary/aromatic N) is 1. The minimum Gasteiger partial charge on any atom is -0.386 e. The Labute approximate surface area is 229 Å². The highest BCUT2D eigenvalue weighted by atomic mass is 19.2. The number of halogens is 2. The highest BCUT2D eigenvalue weighted by Gasteiger charge is 2.29. The zero-order valence-corrected chi connectivity index (χ0v) is 24.7. The van der Waals surface area contributed by atoms with Crippen molar-refractivity contribution in [2.45, 2.75) is 112 Å². The van der Waals surface area contributed by atoms with Gasteiger partial charge in [-0.2, -0.15) is 0 Å². The number of hydrogen-bond donors (Lipinski definition) is 2. The fourth-order valence-electron chi connectivity index (χ4n) is 3.56. The third kappa shape index (κ3) is 14.7. The van der Waals surface area contributed by atoms with Gasteiger partial charge in [-0.3, -0.25) is 4.99 Å². The van der Waals surface area contributed by atoms with E-state index in [1.807, 2.05) is 20.0 Å². The van der Waals surface area contributed by atoms with Crippen molar-refractivity contribution in [3.63, 3.8) is 0 Å². The molecule has 1 aliphatic heterocycles. The number of allylic oxidation sites excluding steroid dienone is 5. The van der Waals surface area contributed by atoms with Crippen molar-refractivity contribution in [1.82, 2.24) is 0 Å². The molecule has 1 aromatic carbocycles. The van der Waals surface area contributed by atoms with Gasteiger partial charge in [-0.15, -0.1) is 0 Å². The van der Waals surface area contributed by atoms with E-state index < -0.39 is 23.5 Å². The predicted octanol–water partition coefficient (Wildman–Crippen LogP) is 7.99. The Morgan fingerprint density at radius 3 is 2.29 bits per heavy atom. The molecule has 2 N–H and O–H groups in total. The number of benzene rings is 1. The molecular weight excluding hydrogens is 488 g/mol. The van der Waals surface area contributed by atoms with Crippen LogP contribution in [0.1, 0.15) is 99.2 Å². The number of hydrogen-bond acceptors (Lipinski definition) is 5. The maximum atomic E-state index is 13.0. The van der Waals surface area contributed by atoms with E-state index in [2.05, 4.69) is 55.7 Å². The quantitative estimate of drug-likeness (QED) is 0.190. The van der Waals surface area contributed by atoms with Crippen LogP contribution in [-0.2, 0) is 9.47 Å². The van der Waals surface area contributed by atoms with Crippen LogP contribution in [0.4, 0.5) is 8.78 Å². The second-order valence-corrected chi connectivity index (χ2v) is 9.78. The van der Waals surface area contributed by atoms with E-state index in [0.29, 0.717) is 5.56 Å². The third-order valence-electron chi connectivity index (χ3n) is 5.82. The fourth-order valence-corrected chi connectivity index (χ4v) is 3.56. The number of aliphatic imine (C=N–C) groups is 1. The highest BCUT2D eigenvalue weighted by Crippen LogP contribution is 2.30. The molecular formula is C31H49F2NO4. The molecule has 7 heteroatoms. The first kappa shape index (κ1) is 35.8. The SMILES string of the molecule is CC1CCC(C(O)c2ccc(F)c(F)c2)O1.COC(C)(C)O.C\C=C/C(C(/C)=N/C=C/CC)=C(/C)CCC. The first-order valence-corrected chi connectivity index (χ1v) is 13.4. The fraction of sp³-hybridized carbons (Fsp3) is 0.581. The van der Waals surface area contributed by atoms with Crippen molar-refractivity contribution in [3.05, 3.63) is 71.0 Å². The van der Waals surface area contributed by atoms with Crippen LogP contribution in [0, 0.1) is 11.6 Å². The number of ether oxygens (including phenoxy) is 2. The summed E-state index contributed by atoms with van der Waals surface area (Å²) in [6.07, 6.45) is 12.1. The summed E-state index contributed by atoms with van der Waals surface area (Å²) >= 11 is 0. The average molecular weight is 538 g/mol. The molecule has 0 bridgehead atoms. The molecule has 0 aliphatic carbocycles. The summed E-state index contributed by atoms with van der Waals surface area (Å²) < 4.78 is 35.7. The normalized spacial score (nSPS) is 19.6. The largest absolute Gasteiger partial charge is 0.386 e. The Balaban J connectivity index is 0.000000596. The Hall–Kier alpha value is -2.19. The number of methoxy groups -OCH3 is 1. The maximum Gasteiger partial charge on any atom is 0.159 e. The van der Waals surface area contributed by atoms with Gasteiger partial charge in [0.15, 0.2) is 17.4 Å². The first-order valence-electron chi connectivity index (χ1n) is 13.4. The van der Waals surface area contributed by atoms with E-state index >= 15 is 0 Å². The minimum atomic E-state index is -0.958. The van der Waals surface area contributed by atoms with Crippen LogP contribution in [0.3, 0.4) is 0 Å². The van der Waals surface area contributed by atoms with Gasteiger partial charge in [0.1, 0.15) is 6.10 Å². The van der Waals surface area contributed by atoms with Gasteiger partial charge in [-0.1, -0.05) is 50.1 Å². The summed E-state index contributed by atoms with van der Waals surface area (Å²) in [7, 11) is 1.46. The lowest BCUT2D eigenvalue weighted by atomic mass is 10.0. The summed E-state index contributed by atoms with van der Waals surface area (Å²) in [5.41, 5.74) is 4.17. The Bertz CT molecular complexity index is 932. The van der Waals surface area contributed by atoms with Gasteiger partial charge in [0.2, 0.25) is 0 Å². The van der Waals surface area contributed by atoms with E-state index in [1.165, 1.54) is 30.7 Å². The van der Waals surface area contributed by atoms with Crippen molar-refractivity contribution in [2.24, 2.45) is 4.99 Å². The van der Waals surface area contributed by atoms with Gasteiger partial charge in [0, 0.05) is 19.0 Å². The lowest BCUT2D eigenvalue weighted by molar-refractivity contribution is -0.155. The van der Waals surface area contributed by atoms with Crippen LogP contribution in [0.25, 0.3) is 0 Å². The first-order chi connectivity index (χ1) is 17.8. The molecule has 1 aromatic rings. The molecule has 0 aromatic heterocycles. The van der Waals surface area contributed by atoms with Crippen LogP contribution >= 0.6 is 0 Å². The molecule has 5 nitrogen and oxygen atoms in total. The Morgan fingerprint density at radius 2 is 1.84 bits per heavy atom. The third-order valence-corrected chi connectivity index (χ3v) is 5.82. The van der Waals surface area contributed by atoms with Gasteiger partial charge < -0.3 is 19.7 Å². The van der Waals surface area contributed by atoms with Crippen LogP contribution in [0.15, 0.2) is 58.8 Å². The molecule has 1 saturated heterocycles. The van der Waals surface area contributed by atoms with Crippen LogP contribution in [-0.4, -0.2) is 41.0 Å². The molecule has 0 radical (unpaired) electrons. The second kappa shape index (κ2) is 19.0. The van der Waals surface area contributed by atoms with Gasteiger partial charge in [-0.05, 0) is 90.5 Å². The summed E-state index contributed by atoms with van der Waals surface area (Å²) in [6, 6.07) is 3.42. The molecule has 0 amide bonds. The van der Waals surface area contributed by atoms with E-state index in [-0.39, 0.29) is 12.2 Å². The molecule has 3 unspecified atom stereocenters. The highest BCUT2D eigenvalue weighted by molar-refractivity contribution is 6.01. The van der Waals surface area contributed by atoms with Crippen molar-refractivity contribution in [2.75, 3.05) is 7.11 Å². The van der Waals surface area contributed by atoms with Crippen molar-refractivity contribution in [1.29, 1.82) is 0 Å². The molecule has 3 atom stereocenters. The summed E-state index contributed by atoms with van der Waals surface area (Å²) in [4.78, 5) is 4.46. The standard InChI is InChI=1S/C15H25N.C12H14F2O2.C4H10O2/c1-6-9-12-16-14(5)15(11-8-3)13(4)10-7-2;1-7-2-5-11(16-7)12(15)8-3-4-9(13)10(14)6-8;1-4(2,5)6-3/h8-9,11-12H,6-7,10H2,1-5H3;3-4,6-7,11-12,15H,2,5H2,1H3;5H,1-3H3/b11-8-,12-9+,15-13+,16-14+;;. The van der Waals surface area contributed by atoms with Gasteiger partial charge >= 0.3 is 0 Å². The van der Waals surface area contributed by atoms with Crippen LogP contribution < -0.4 is 0 Å². The molecule has 38 heavy (non-hydrogen) atoms. The van der Waals surface area contributed by atoms with Gasteiger partial charge in [0.25, 0.3) is 0 Å². The summed E-state index contributed by atoms with van der Waals surface area (Å²) in [5, 5.41) is 18.5. The second-order valence-electron chi connectivity index (χ2n) is 9.78. The summed E-state index contributed by atoms with van der Waals surface area (Å²) in [6.45, 7) is 15.7. The lowest BCUT2D eigenvalue weighted by Crippen LogP contribution is -2.20. The zero-order valence-electron chi connectivity index (χ0n) is 24.7. The zero-order chi connectivity index (χ0) is 29.3. The van der Waals surface area contributed by atoms with Crippen molar-refractivity contribution >= 4 is 5.71 Å². The van der Waals surface area contributed by atoms with E-state index in [4.69, 9.17) is 9.84 Å². The molecule has 2 rings (SSSR count). The van der Waals surface area contributed by atoms with E-state index in [0.717, 1.165) is 43.5 Å². The number of aliphatic hydroxyl groups excluding tert-OH is 1. The maximum absolute atomic E-state index is 13.0. The minimum absolute atomic E-state index is 0.116. The summed E-state index contributed by atoms with van der Waals surface area (Å²) in [5.74, 6) is -2.81. The molecule has 216 valence electrons. The Kier molecular flexibility index (Phi) is 17.9. The molecule has 1 fully saturated rings. The number of aliphatic hydroxyl groups is 2. The monoisotopic (exact) mass is 537 g/mol. The smallest absolute Gasteiger partial charge is 0.159 e. The molecule has 1 heterocycles. The van der Waals surface area contributed by atoms with Crippen molar-refractivity contribution in [3.8, 4) is 0 Å². The van der Waals surface area contributed by atoms with Crippen LogP contribution in [0.2, 0.25) is 0 Å². The Morgan fingerprint density at radius 1 is 1.21 bits per heavy atom. The van der Waals surface area contributed by atoms with Gasteiger partial charge in [0.05, 0.1) is 12.2 Å². The molecule has 1 aliphatic rings. The van der Waals surface area contributed by atoms with E-state index in [1.54, 1.807) is 13.8 Å². The van der Waals surface area contributed by atoms with E-state index in [9.17, 15) is 13.9 Å². The number of rotatable bonds is 9. The molecule has 0 saturated carbocycles. The van der Waals surface area contributed by atoms with Crippen molar-refractivity contribution < 1.29 is 28.5 Å².